The summed E-state index contributed by atoms with van der Waals surface area (Å²) in [6.45, 7) is -0.470. The quantitative estimate of drug-likeness (QED) is 0.430. The number of nitrogens with one attached hydrogen (secondary N) is 2. The molecule has 0 aliphatic carbocycles. The minimum Gasteiger partial charge on any atom is -0.507 e. The summed E-state index contributed by atoms with van der Waals surface area (Å²) in [4.78, 5) is 25.0. The molecule has 0 bridgehead atoms. The maximum atomic E-state index is 12.6. The van der Waals surface area contributed by atoms with Crippen LogP contribution in [0.25, 0.3) is 22.4 Å². The second kappa shape index (κ2) is 9.63. The van der Waals surface area contributed by atoms with Crippen LogP contribution in [0.5, 0.6) is 5.75 Å². The predicted molar refractivity (Wildman–Crippen MR) is 124 cm³/mol. The monoisotopic (exact) mass is 449 g/mol. The van der Waals surface area contributed by atoms with Crippen molar-refractivity contribution in [2.75, 3.05) is 0 Å². The average Bonchev–Trinajstić information content (AvgIpc) is 2.86. The predicted octanol–water partition coefficient (Wildman–Crippen LogP) is 3.23. The third-order valence-electron chi connectivity index (χ3n) is 5.12. The summed E-state index contributed by atoms with van der Waals surface area (Å²) >= 11 is 0. The Morgan fingerprint density at radius 2 is 1.53 bits per heavy atom. The number of phenolic OH excluding ortho intramolecular Hbond substituents is 1. The standard InChI is InChI=1S/C26H19N5O3/c27-15-20-23(17-9-3-1-4-10-17)24(18-11-5-2-6-12-18)30-31(25(20)28)16-22(33)29-26(34)19-13-7-8-14-21(19)32/h1-14,28,32H,16H2,(H,29,33,34). The van der Waals surface area contributed by atoms with Gasteiger partial charge >= 0.3 is 0 Å². The van der Waals surface area contributed by atoms with Gasteiger partial charge in [0, 0.05) is 11.1 Å². The molecule has 0 aliphatic rings. The van der Waals surface area contributed by atoms with Crippen molar-refractivity contribution in [1.29, 1.82) is 10.7 Å². The molecule has 0 saturated heterocycles. The number of aromatic nitrogens is 2. The second-order valence-electron chi connectivity index (χ2n) is 7.34. The summed E-state index contributed by atoms with van der Waals surface area (Å²) in [6.07, 6.45) is 0. The number of nitriles is 1. The number of imide groups is 1. The summed E-state index contributed by atoms with van der Waals surface area (Å²) in [5, 5.41) is 35.0. The molecule has 34 heavy (non-hydrogen) atoms. The number of carbonyl (C=O) groups excluding carboxylic acids is 2. The highest BCUT2D eigenvalue weighted by Gasteiger charge is 2.20. The number of para-hydroxylation sites is 1. The Balaban J connectivity index is 1.76. The first-order valence-electron chi connectivity index (χ1n) is 10.3. The van der Waals surface area contributed by atoms with E-state index in [2.05, 4.69) is 16.5 Å². The molecule has 0 atom stereocenters. The van der Waals surface area contributed by atoms with Crippen LogP contribution in [0.15, 0.2) is 84.9 Å². The van der Waals surface area contributed by atoms with Gasteiger partial charge in [-0.25, -0.2) is 4.68 Å². The van der Waals surface area contributed by atoms with E-state index in [1.165, 1.54) is 12.1 Å². The molecule has 3 aromatic carbocycles. The van der Waals surface area contributed by atoms with Gasteiger partial charge in [-0.1, -0.05) is 72.8 Å². The van der Waals surface area contributed by atoms with Crippen LogP contribution in [0.2, 0.25) is 0 Å². The van der Waals surface area contributed by atoms with Gasteiger partial charge in [0.1, 0.15) is 29.6 Å². The van der Waals surface area contributed by atoms with Crippen LogP contribution < -0.4 is 10.8 Å². The van der Waals surface area contributed by atoms with Crippen LogP contribution in [0, 0.1) is 16.7 Å². The van der Waals surface area contributed by atoms with Crippen LogP contribution in [-0.2, 0) is 11.3 Å². The number of benzene rings is 3. The Morgan fingerprint density at radius 3 is 2.15 bits per heavy atom. The average molecular weight is 449 g/mol. The largest absolute Gasteiger partial charge is 0.507 e. The molecule has 1 heterocycles. The first kappa shape index (κ1) is 22.2. The molecule has 8 heteroatoms. The third-order valence-corrected chi connectivity index (χ3v) is 5.12. The number of nitrogens with zero attached hydrogens (tertiary/aromatic N) is 3. The van der Waals surface area contributed by atoms with Crippen molar-refractivity contribution in [2.45, 2.75) is 6.54 Å². The molecule has 166 valence electrons. The van der Waals surface area contributed by atoms with Gasteiger partial charge in [-0.05, 0) is 17.7 Å². The number of rotatable bonds is 5. The summed E-state index contributed by atoms with van der Waals surface area (Å²) in [6, 6.07) is 26.2. The maximum Gasteiger partial charge on any atom is 0.261 e. The van der Waals surface area contributed by atoms with Crippen molar-refractivity contribution in [3.8, 4) is 34.2 Å². The number of hydrogen-bond acceptors (Lipinski definition) is 6. The number of amides is 2. The fraction of sp³-hybridized carbons (Fsp3) is 0.0385. The van der Waals surface area contributed by atoms with Gasteiger partial charge in [-0.2, -0.15) is 10.4 Å². The van der Waals surface area contributed by atoms with E-state index in [-0.39, 0.29) is 22.4 Å². The smallest absolute Gasteiger partial charge is 0.261 e. The fourth-order valence-electron chi connectivity index (χ4n) is 3.53. The molecule has 0 radical (unpaired) electrons. The molecule has 1 aromatic heterocycles. The van der Waals surface area contributed by atoms with Crippen molar-refractivity contribution in [1.82, 2.24) is 15.1 Å². The van der Waals surface area contributed by atoms with E-state index in [1.54, 1.807) is 12.1 Å². The molecule has 0 fully saturated rings. The van der Waals surface area contributed by atoms with Crippen LogP contribution in [-0.4, -0.2) is 26.7 Å². The SMILES string of the molecule is N#Cc1c(-c2ccccc2)c(-c2ccccc2)nn(CC(=O)NC(=O)c2ccccc2O)c1=N. The fourth-order valence-corrected chi connectivity index (χ4v) is 3.53. The lowest BCUT2D eigenvalue weighted by Gasteiger charge is -2.15. The van der Waals surface area contributed by atoms with Gasteiger partial charge < -0.3 is 5.11 Å². The first-order chi connectivity index (χ1) is 16.5. The van der Waals surface area contributed by atoms with Crippen molar-refractivity contribution in [3.63, 3.8) is 0 Å². The zero-order chi connectivity index (χ0) is 24.1. The highest BCUT2D eigenvalue weighted by Crippen LogP contribution is 2.31. The van der Waals surface area contributed by atoms with E-state index >= 15 is 0 Å². The highest BCUT2D eigenvalue weighted by atomic mass is 16.3. The molecule has 4 aromatic rings. The van der Waals surface area contributed by atoms with E-state index in [9.17, 15) is 20.0 Å². The number of aromatic hydroxyl groups is 1. The van der Waals surface area contributed by atoms with Gasteiger partial charge in [0.2, 0.25) is 5.91 Å². The minimum absolute atomic E-state index is 0.0537. The van der Waals surface area contributed by atoms with Crippen molar-refractivity contribution in [3.05, 3.63) is 102 Å². The van der Waals surface area contributed by atoms with Gasteiger partial charge in [0.25, 0.3) is 5.91 Å². The molecule has 0 aliphatic heterocycles. The van der Waals surface area contributed by atoms with Crippen LogP contribution in [0.4, 0.5) is 0 Å². The normalized spacial score (nSPS) is 10.3. The zero-order valence-corrected chi connectivity index (χ0v) is 17.9. The molecule has 2 amide bonds. The van der Waals surface area contributed by atoms with E-state index in [0.717, 1.165) is 4.68 Å². The molecule has 0 saturated carbocycles. The Bertz CT molecular complexity index is 1470. The van der Waals surface area contributed by atoms with E-state index < -0.39 is 18.4 Å². The van der Waals surface area contributed by atoms with Crippen molar-refractivity contribution < 1.29 is 14.7 Å². The molecule has 4 rings (SSSR count). The van der Waals surface area contributed by atoms with Crippen LogP contribution in [0.1, 0.15) is 15.9 Å². The molecule has 0 spiro atoms. The van der Waals surface area contributed by atoms with E-state index in [4.69, 9.17) is 5.41 Å². The summed E-state index contributed by atoms with van der Waals surface area (Å²) < 4.78 is 1.08. The summed E-state index contributed by atoms with van der Waals surface area (Å²) in [5.74, 6) is -1.78. The van der Waals surface area contributed by atoms with Gasteiger partial charge in [-0.3, -0.25) is 20.3 Å². The van der Waals surface area contributed by atoms with E-state index in [1.807, 2.05) is 60.7 Å². The maximum absolute atomic E-state index is 12.6. The van der Waals surface area contributed by atoms with Crippen molar-refractivity contribution in [2.24, 2.45) is 0 Å². The Morgan fingerprint density at radius 1 is 0.941 bits per heavy atom. The lowest BCUT2D eigenvalue weighted by Crippen LogP contribution is -2.38. The second-order valence-corrected chi connectivity index (χ2v) is 7.34. The first-order valence-corrected chi connectivity index (χ1v) is 10.3. The summed E-state index contributed by atoms with van der Waals surface area (Å²) in [5.41, 5.74) is 2.08. The van der Waals surface area contributed by atoms with E-state index in [0.29, 0.717) is 22.4 Å². The van der Waals surface area contributed by atoms with Gasteiger partial charge in [0.15, 0.2) is 5.49 Å². The topological polar surface area (TPSA) is 132 Å². The lowest BCUT2D eigenvalue weighted by molar-refractivity contribution is -0.120. The van der Waals surface area contributed by atoms with Crippen LogP contribution in [0.3, 0.4) is 0 Å². The third kappa shape index (κ3) is 4.45. The molecule has 0 unspecified atom stereocenters. The van der Waals surface area contributed by atoms with Crippen LogP contribution >= 0.6 is 0 Å². The highest BCUT2D eigenvalue weighted by molar-refractivity contribution is 6.06. The van der Waals surface area contributed by atoms with Crippen molar-refractivity contribution >= 4 is 11.8 Å². The minimum atomic E-state index is -0.778. The Kier molecular flexibility index (Phi) is 6.28. The van der Waals surface area contributed by atoms with Gasteiger partial charge in [-0.15, -0.1) is 0 Å². The molecular weight excluding hydrogens is 430 g/mol. The summed E-state index contributed by atoms with van der Waals surface area (Å²) in [7, 11) is 0. The number of phenols is 1. The molecular formula is C26H19N5O3. The molecule has 8 nitrogen and oxygen atoms in total. The van der Waals surface area contributed by atoms with Gasteiger partial charge in [0.05, 0.1) is 5.56 Å². The molecule has 3 N–H and O–H groups in total. The Labute approximate surface area is 194 Å². The number of carbonyl (C=O) groups is 2. The zero-order valence-electron chi connectivity index (χ0n) is 17.9. The Hall–Kier alpha value is -5.03. The number of hydrogen-bond donors (Lipinski definition) is 3. The lowest BCUT2D eigenvalue weighted by atomic mass is 9.96.